The second kappa shape index (κ2) is 9.19. The molecular weight excluding hydrogens is 254 g/mol. The molecule has 1 heterocycles. The molecule has 2 N–H and O–H groups in total. The number of nitrogens with zero attached hydrogens (tertiary/aromatic N) is 1. The number of urea groups is 1. The minimum Gasteiger partial charge on any atom is -0.379 e. The Kier molecular flexibility index (Phi) is 7.15. The van der Waals surface area contributed by atoms with Gasteiger partial charge in [0.05, 0.1) is 13.2 Å². The van der Waals surface area contributed by atoms with E-state index in [0.717, 1.165) is 65.1 Å². The standard InChI is InChI=1S/C15H29N3O2/c19-15(17-14-6-2-1-3-7-14)16-8-4-5-9-18-10-12-20-13-11-18/h14H,1-13H2,(H2,16,17,19). The summed E-state index contributed by atoms with van der Waals surface area (Å²) < 4.78 is 5.32. The van der Waals surface area contributed by atoms with Crippen molar-refractivity contribution in [3.05, 3.63) is 0 Å². The predicted molar refractivity (Wildman–Crippen MR) is 79.9 cm³/mol. The third-order valence-corrected chi connectivity index (χ3v) is 4.23. The molecular formula is C15H29N3O2. The van der Waals surface area contributed by atoms with E-state index < -0.39 is 0 Å². The van der Waals surface area contributed by atoms with Crippen LogP contribution in [0.25, 0.3) is 0 Å². The smallest absolute Gasteiger partial charge is 0.315 e. The molecule has 116 valence electrons. The lowest BCUT2D eigenvalue weighted by Crippen LogP contribution is -2.43. The number of ether oxygens (including phenoxy) is 1. The van der Waals surface area contributed by atoms with Crippen LogP contribution in [-0.4, -0.2) is 56.4 Å². The molecule has 5 heteroatoms. The number of hydrogen-bond acceptors (Lipinski definition) is 3. The number of amides is 2. The van der Waals surface area contributed by atoms with Gasteiger partial charge in [-0.1, -0.05) is 19.3 Å². The Morgan fingerprint density at radius 1 is 1.10 bits per heavy atom. The fraction of sp³-hybridized carbons (Fsp3) is 0.933. The van der Waals surface area contributed by atoms with Crippen LogP contribution in [0, 0.1) is 0 Å². The lowest BCUT2D eigenvalue weighted by molar-refractivity contribution is 0.0372. The van der Waals surface area contributed by atoms with Crippen LogP contribution in [0.4, 0.5) is 4.79 Å². The molecule has 0 spiro atoms. The molecule has 1 saturated carbocycles. The summed E-state index contributed by atoms with van der Waals surface area (Å²) in [4.78, 5) is 14.2. The van der Waals surface area contributed by atoms with Gasteiger partial charge in [-0.3, -0.25) is 4.90 Å². The molecule has 0 atom stereocenters. The van der Waals surface area contributed by atoms with E-state index in [1.54, 1.807) is 0 Å². The van der Waals surface area contributed by atoms with Gasteiger partial charge in [-0.15, -0.1) is 0 Å². The minimum absolute atomic E-state index is 0.0169. The molecule has 1 saturated heterocycles. The highest BCUT2D eigenvalue weighted by Gasteiger charge is 2.15. The Balaban J connectivity index is 1.44. The van der Waals surface area contributed by atoms with Crippen molar-refractivity contribution in [2.24, 2.45) is 0 Å². The zero-order valence-electron chi connectivity index (χ0n) is 12.5. The molecule has 5 nitrogen and oxygen atoms in total. The largest absolute Gasteiger partial charge is 0.379 e. The van der Waals surface area contributed by atoms with E-state index in [2.05, 4.69) is 15.5 Å². The van der Waals surface area contributed by atoms with E-state index in [0.29, 0.717) is 6.04 Å². The fourth-order valence-corrected chi connectivity index (χ4v) is 2.97. The summed E-state index contributed by atoms with van der Waals surface area (Å²) in [6.45, 7) is 5.73. The lowest BCUT2D eigenvalue weighted by atomic mass is 9.96. The van der Waals surface area contributed by atoms with Crippen LogP contribution in [0.3, 0.4) is 0 Å². The van der Waals surface area contributed by atoms with E-state index >= 15 is 0 Å². The highest BCUT2D eigenvalue weighted by Crippen LogP contribution is 2.17. The normalized spacial score (nSPS) is 21.6. The molecule has 2 amide bonds. The zero-order valence-corrected chi connectivity index (χ0v) is 12.5. The Hall–Kier alpha value is -0.810. The van der Waals surface area contributed by atoms with Crippen molar-refractivity contribution in [2.75, 3.05) is 39.4 Å². The van der Waals surface area contributed by atoms with Crippen LogP contribution in [0.1, 0.15) is 44.9 Å². The lowest BCUT2D eigenvalue weighted by Gasteiger charge is -2.26. The van der Waals surface area contributed by atoms with Crippen LogP contribution in [-0.2, 0) is 4.74 Å². The first kappa shape index (κ1) is 15.6. The number of rotatable bonds is 6. The molecule has 0 bridgehead atoms. The fourth-order valence-electron chi connectivity index (χ4n) is 2.97. The van der Waals surface area contributed by atoms with Crippen molar-refractivity contribution in [3.8, 4) is 0 Å². The number of carbonyl (C=O) groups is 1. The molecule has 0 aromatic rings. The van der Waals surface area contributed by atoms with Crippen molar-refractivity contribution < 1.29 is 9.53 Å². The maximum atomic E-state index is 11.7. The molecule has 2 fully saturated rings. The number of morpholine rings is 1. The molecule has 2 rings (SSSR count). The molecule has 0 aromatic carbocycles. The third-order valence-electron chi connectivity index (χ3n) is 4.23. The first-order chi connectivity index (χ1) is 9.84. The third kappa shape index (κ3) is 6.09. The Labute approximate surface area is 122 Å². The van der Waals surface area contributed by atoms with Crippen molar-refractivity contribution >= 4 is 6.03 Å². The van der Waals surface area contributed by atoms with Gasteiger partial charge in [0.1, 0.15) is 0 Å². The van der Waals surface area contributed by atoms with Gasteiger partial charge in [0.2, 0.25) is 0 Å². The predicted octanol–water partition coefficient (Wildman–Crippen LogP) is 1.73. The average molecular weight is 283 g/mol. The van der Waals surface area contributed by atoms with Gasteiger partial charge >= 0.3 is 6.03 Å². The first-order valence-electron chi connectivity index (χ1n) is 8.19. The van der Waals surface area contributed by atoms with Crippen molar-refractivity contribution in [1.82, 2.24) is 15.5 Å². The van der Waals surface area contributed by atoms with E-state index in [4.69, 9.17) is 4.74 Å². The monoisotopic (exact) mass is 283 g/mol. The summed E-state index contributed by atoms with van der Waals surface area (Å²) >= 11 is 0. The average Bonchev–Trinajstić information content (AvgIpc) is 2.49. The van der Waals surface area contributed by atoms with Crippen molar-refractivity contribution in [2.45, 2.75) is 51.0 Å². The van der Waals surface area contributed by atoms with Crippen LogP contribution in [0.2, 0.25) is 0 Å². The van der Waals surface area contributed by atoms with E-state index in [1.807, 2.05) is 0 Å². The Morgan fingerprint density at radius 2 is 1.85 bits per heavy atom. The molecule has 0 radical (unpaired) electrons. The summed E-state index contributed by atoms with van der Waals surface area (Å²) in [5.41, 5.74) is 0. The molecule has 2 aliphatic rings. The van der Waals surface area contributed by atoms with Gasteiger partial charge in [-0.2, -0.15) is 0 Å². The second-order valence-corrected chi connectivity index (χ2v) is 5.90. The maximum Gasteiger partial charge on any atom is 0.315 e. The SMILES string of the molecule is O=C(NCCCCN1CCOCC1)NC1CCCCC1. The molecule has 1 aliphatic carbocycles. The van der Waals surface area contributed by atoms with Crippen LogP contribution >= 0.6 is 0 Å². The second-order valence-electron chi connectivity index (χ2n) is 5.90. The van der Waals surface area contributed by atoms with Gasteiger partial charge in [0.15, 0.2) is 0 Å². The number of carbonyl (C=O) groups excluding carboxylic acids is 1. The molecule has 20 heavy (non-hydrogen) atoms. The van der Waals surface area contributed by atoms with Crippen LogP contribution in [0.15, 0.2) is 0 Å². The van der Waals surface area contributed by atoms with Gasteiger partial charge < -0.3 is 15.4 Å². The van der Waals surface area contributed by atoms with Crippen LogP contribution < -0.4 is 10.6 Å². The summed E-state index contributed by atoms with van der Waals surface area (Å²) in [5.74, 6) is 0. The van der Waals surface area contributed by atoms with Gasteiger partial charge in [0.25, 0.3) is 0 Å². The summed E-state index contributed by atoms with van der Waals surface area (Å²) in [6, 6.07) is 0.417. The topological polar surface area (TPSA) is 53.6 Å². The summed E-state index contributed by atoms with van der Waals surface area (Å²) in [7, 11) is 0. The van der Waals surface area contributed by atoms with E-state index in [1.165, 1.54) is 19.3 Å². The van der Waals surface area contributed by atoms with E-state index in [9.17, 15) is 4.79 Å². The zero-order chi connectivity index (χ0) is 14.0. The van der Waals surface area contributed by atoms with Gasteiger partial charge in [-0.25, -0.2) is 4.79 Å². The summed E-state index contributed by atoms with van der Waals surface area (Å²) in [6.07, 6.45) is 8.31. The Bertz CT molecular complexity index is 274. The highest BCUT2D eigenvalue weighted by molar-refractivity contribution is 5.74. The summed E-state index contributed by atoms with van der Waals surface area (Å²) in [5, 5.41) is 6.06. The van der Waals surface area contributed by atoms with Crippen molar-refractivity contribution in [1.29, 1.82) is 0 Å². The van der Waals surface area contributed by atoms with Gasteiger partial charge in [0, 0.05) is 25.7 Å². The molecule has 0 unspecified atom stereocenters. The maximum absolute atomic E-state index is 11.7. The number of nitrogens with one attached hydrogen (secondary N) is 2. The van der Waals surface area contributed by atoms with Crippen molar-refractivity contribution in [3.63, 3.8) is 0 Å². The quantitative estimate of drug-likeness (QED) is 0.730. The number of unbranched alkanes of at least 4 members (excludes halogenated alkanes) is 1. The van der Waals surface area contributed by atoms with E-state index in [-0.39, 0.29) is 6.03 Å². The minimum atomic E-state index is 0.0169. The van der Waals surface area contributed by atoms with Gasteiger partial charge in [-0.05, 0) is 32.2 Å². The molecule has 0 aromatic heterocycles. The number of hydrogen-bond donors (Lipinski definition) is 2. The first-order valence-corrected chi connectivity index (χ1v) is 8.19. The Morgan fingerprint density at radius 3 is 2.60 bits per heavy atom. The highest BCUT2D eigenvalue weighted by atomic mass is 16.5. The molecule has 1 aliphatic heterocycles. The van der Waals surface area contributed by atoms with Crippen LogP contribution in [0.5, 0.6) is 0 Å².